The molecule has 1 saturated carbocycles. The van der Waals surface area contributed by atoms with Gasteiger partial charge in [0.05, 0.1) is 5.60 Å². The number of pyridine rings is 1. The molecule has 1 aromatic heterocycles. The molecule has 3 rings (SSSR count). The lowest BCUT2D eigenvalue weighted by Gasteiger charge is -2.36. The van der Waals surface area contributed by atoms with Gasteiger partial charge in [-0.2, -0.15) is 0 Å². The number of aliphatic hydroxyl groups is 1. The summed E-state index contributed by atoms with van der Waals surface area (Å²) in [6.07, 6.45) is 10.7. The molecule has 1 aliphatic heterocycles. The molecule has 2 fully saturated rings. The van der Waals surface area contributed by atoms with Gasteiger partial charge in [-0.15, -0.1) is 0 Å². The summed E-state index contributed by atoms with van der Waals surface area (Å²) in [6.45, 7) is 5.55. The smallest absolute Gasteiger partial charge is 0.128 e. The highest BCUT2D eigenvalue weighted by Crippen LogP contribution is 2.37. The second kappa shape index (κ2) is 7.63. The molecule has 0 amide bonds. The van der Waals surface area contributed by atoms with Crippen molar-refractivity contribution in [1.29, 1.82) is 0 Å². The van der Waals surface area contributed by atoms with Crippen molar-refractivity contribution in [3.63, 3.8) is 0 Å². The van der Waals surface area contributed by atoms with Crippen LogP contribution < -0.4 is 10.2 Å². The number of aromatic nitrogens is 1. The largest absolute Gasteiger partial charge is 0.385 e. The van der Waals surface area contributed by atoms with Crippen LogP contribution in [0.2, 0.25) is 0 Å². The van der Waals surface area contributed by atoms with Crippen LogP contribution in [0.1, 0.15) is 63.9 Å². The minimum atomic E-state index is -0.681. The Labute approximate surface area is 140 Å². The molecule has 1 aromatic rings. The van der Waals surface area contributed by atoms with Crippen molar-refractivity contribution in [3.05, 3.63) is 23.9 Å². The molecule has 2 aliphatic rings. The van der Waals surface area contributed by atoms with Crippen molar-refractivity contribution in [1.82, 2.24) is 10.3 Å². The van der Waals surface area contributed by atoms with Crippen LogP contribution in [0.15, 0.2) is 18.3 Å². The molecule has 4 nitrogen and oxygen atoms in total. The number of hydrogen-bond donors (Lipinski definition) is 2. The Morgan fingerprint density at radius 1 is 1.26 bits per heavy atom. The molecule has 4 heteroatoms. The van der Waals surface area contributed by atoms with Gasteiger partial charge in [-0.3, -0.25) is 0 Å². The normalized spacial score (nSPS) is 28.3. The van der Waals surface area contributed by atoms with E-state index in [0.29, 0.717) is 6.04 Å². The van der Waals surface area contributed by atoms with Crippen molar-refractivity contribution in [3.8, 4) is 0 Å². The average molecular weight is 317 g/mol. The summed E-state index contributed by atoms with van der Waals surface area (Å²) in [5, 5.41) is 14.6. The van der Waals surface area contributed by atoms with Crippen LogP contribution in [-0.4, -0.2) is 35.8 Å². The maximum atomic E-state index is 11.0. The molecule has 1 saturated heterocycles. The van der Waals surface area contributed by atoms with E-state index in [2.05, 4.69) is 34.3 Å². The molecule has 128 valence electrons. The van der Waals surface area contributed by atoms with Gasteiger partial charge >= 0.3 is 0 Å². The quantitative estimate of drug-likeness (QED) is 0.791. The maximum absolute atomic E-state index is 11.0. The lowest BCUT2D eigenvalue weighted by atomic mass is 9.78. The third kappa shape index (κ3) is 4.04. The van der Waals surface area contributed by atoms with Gasteiger partial charge in [-0.25, -0.2) is 4.98 Å². The molecule has 23 heavy (non-hydrogen) atoms. The lowest BCUT2D eigenvalue weighted by molar-refractivity contribution is -0.00856. The van der Waals surface area contributed by atoms with E-state index in [-0.39, 0.29) is 0 Å². The zero-order chi connectivity index (χ0) is 16.1. The summed E-state index contributed by atoms with van der Waals surface area (Å²) in [7, 11) is 0. The van der Waals surface area contributed by atoms with Crippen LogP contribution >= 0.6 is 0 Å². The van der Waals surface area contributed by atoms with E-state index >= 15 is 0 Å². The maximum Gasteiger partial charge on any atom is 0.128 e. The summed E-state index contributed by atoms with van der Waals surface area (Å²) in [5.41, 5.74) is 0.312. The van der Waals surface area contributed by atoms with Crippen molar-refractivity contribution < 1.29 is 5.11 Å². The van der Waals surface area contributed by atoms with Crippen molar-refractivity contribution in [2.75, 3.05) is 24.5 Å². The van der Waals surface area contributed by atoms with Crippen LogP contribution in [-0.2, 0) is 5.60 Å². The minimum Gasteiger partial charge on any atom is -0.385 e. The predicted molar refractivity (Wildman–Crippen MR) is 94.7 cm³/mol. The average Bonchev–Trinajstić information content (AvgIpc) is 3.12. The standard InChI is InChI=1S/C19H31N3O/c1-2-3-12-20-17-8-10-19(23,11-9-17)16-6-7-18(21-15-16)22-13-4-5-14-22/h6-7,15,17,20,23H,2-5,8-14H2,1H3. The Balaban J connectivity index is 1.56. The molecule has 2 heterocycles. The zero-order valence-corrected chi connectivity index (χ0v) is 14.4. The molecule has 0 bridgehead atoms. The second-order valence-corrected chi connectivity index (χ2v) is 7.21. The molecule has 1 aliphatic carbocycles. The highest BCUT2D eigenvalue weighted by Gasteiger charge is 2.35. The van der Waals surface area contributed by atoms with Gasteiger partial charge in [0.15, 0.2) is 0 Å². The van der Waals surface area contributed by atoms with E-state index in [9.17, 15) is 5.11 Å². The fourth-order valence-corrected chi connectivity index (χ4v) is 3.87. The van der Waals surface area contributed by atoms with E-state index < -0.39 is 5.60 Å². The van der Waals surface area contributed by atoms with Gasteiger partial charge in [0, 0.05) is 30.9 Å². The number of nitrogens with zero attached hydrogens (tertiary/aromatic N) is 2. The summed E-state index contributed by atoms with van der Waals surface area (Å²) < 4.78 is 0. The van der Waals surface area contributed by atoms with Gasteiger partial charge in [0.1, 0.15) is 5.82 Å². The van der Waals surface area contributed by atoms with Crippen molar-refractivity contribution in [2.45, 2.75) is 69.9 Å². The second-order valence-electron chi connectivity index (χ2n) is 7.21. The van der Waals surface area contributed by atoms with Gasteiger partial charge < -0.3 is 15.3 Å². The SMILES string of the molecule is CCCCNC1CCC(O)(c2ccc(N3CCCC3)nc2)CC1. The van der Waals surface area contributed by atoms with Gasteiger partial charge in [0.25, 0.3) is 0 Å². The molecule has 0 aromatic carbocycles. The number of nitrogens with one attached hydrogen (secondary N) is 1. The van der Waals surface area contributed by atoms with Gasteiger partial charge in [-0.1, -0.05) is 19.4 Å². The Kier molecular flexibility index (Phi) is 5.54. The third-order valence-electron chi connectivity index (χ3n) is 5.49. The van der Waals surface area contributed by atoms with Gasteiger partial charge in [-0.05, 0) is 57.6 Å². The fraction of sp³-hybridized carbons (Fsp3) is 0.737. The molecule has 2 N–H and O–H groups in total. The zero-order valence-electron chi connectivity index (χ0n) is 14.4. The Morgan fingerprint density at radius 2 is 2.00 bits per heavy atom. The monoisotopic (exact) mass is 317 g/mol. The van der Waals surface area contributed by atoms with Crippen molar-refractivity contribution in [2.24, 2.45) is 0 Å². The molecule has 0 unspecified atom stereocenters. The first-order valence-corrected chi connectivity index (χ1v) is 9.38. The lowest BCUT2D eigenvalue weighted by Crippen LogP contribution is -2.40. The summed E-state index contributed by atoms with van der Waals surface area (Å²) >= 11 is 0. The first-order chi connectivity index (χ1) is 11.2. The van der Waals surface area contributed by atoms with Gasteiger partial charge in [0.2, 0.25) is 0 Å². The molecular weight excluding hydrogens is 286 g/mol. The predicted octanol–water partition coefficient (Wildman–Crippen LogP) is 3.20. The van der Waals surface area contributed by atoms with Crippen LogP contribution in [0.3, 0.4) is 0 Å². The van der Waals surface area contributed by atoms with Crippen LogP contribution in [0.25, 0.3) is 0 Å². The fourth-order valence-electron chi connectivity index (χ4n) is 3.87. The van der Waals surface area contributed by atoms with E-state index in [1.807, 2.05) is 6.20 Å². The number of rotatable bonds is 6. The molecular formula is C19H31N3O. The first-order valence-electron chi connectivity index (χ1n) is 9.38. The number of unbranched alkanes of at least 4 members (excludes halogenated alkanes) is 1. The van der Waals surface area contributed by atoms with E-state index in [0.717, 1.165) is 56.7 Å². The Hall–Kier alpha value is -1.13. The summed E-state index contributed by atoms with van der Waals surface area (Å²) in [6, 6.07) is 4.74. The Bertz CT molecular complexity index is 474. The molecule has 0 spiro atoms. The van der Waals surface area contributed by atoms with E-state index in [1.165, 1.54) is 25.7 Å². The minimum absolute atomic E-state index is 0.568. The highest BCUT2D eigenvalue weighted by atomic mass is 16.3. The topological polar surface area (TPSA) is 48.4 Å². The van der Waals surface area contributed by atoms with Crippen LogP contribution in [0.4, 0.5) is 5.82 Å². The number of anilines is 1. The van der Waals surface area contributed by atoms with Crippen LogP contribution in [0.5, 0.6) is 0 Å². The molecule has 0 atom stereocenters. The van der Waals surface area contributed by atoms with E-state index in [4.69, 9.17) is 0 Å². The van der Waals surface area contributed by atoms with Crippen molar-refractivity contribution >= 4 is 5.82 Å². The number of hydrogen-bond acceptors (Lipinski definition) is 4. The third-order valence-corrected chi connectivity index (χ3v) is 5.49. The Morgan fingerprint density at radius 3 is 2.61 bits per heavy atom. The van der Waals surface area contributed by atoms with Crippen LogP contribution in [0, 0.1) is 0 Å². The first kappa shape index (κ1) is 16.7. The molecule has 0 radical (unpaired) electrons. The highest BCUT2D eigenvalue weighted by molar-refractivity contribution is 5.41. The summed E-state index contributed by atoms with van der Waals surface area (Å²) in [4.78, 5) is 6.95. The summed E-state index contributed by atoms with van der Waals surface area (Å²) in [5.74, 6) is 1.06. The van der Waals surface area contributed by atoms with E-state index in [1.54, 1.807) is 0 Å².